The van der Waals surface area contributed by atoms with E-state index in [2.05, 4.69) is 23.3 Å². The zero-order valence-corrected chi connectivity index (χ0v) is 13.8. The predicted molar refractivity (Wildman–Crippen MR) is 90.2 cm³/mol. The summed E-state index contributed by atoms with van der Waals surface area (Å²) in [5.74, 6) is 0.424. The van der Waals surface area contributed by atoms with Crippen LogP contribution in [0.2, 0.25) is 0 Å². The molecule has 2 aromatic rings. The van der Waals surface area contributed by atoms with Crippen LogP contribution in [0.3, 0.4) is 0 Å². The summed E-state index contributed by atoms with van der Waals surface area (Å²) >= 11 is 0. The molecule has 4 N–H and O–H groups in total. The van der Waals surface area contributed by atoms with Crippen molar-refractivity contribution in [1.82, 2.24) is 9.55 Å². The van der Waals surface area contributed by atoms with Crippen molar-refractivity contribution in [1.29, 1.82) is 0 Å². The van der Waals surface area contributed by atoms with Crippen LogP contribution < -0.4 is 11.1 Å². The maximum absolute atomic E-state index is 10.0. The van der Waals surface area contributed by atoms with E-state index in [1.54, 1.807) is 21.0 Å². The fourth-order valence-electron chi connectivity index (χ4n) is 2.48. The van der Waals surface area contributed by atoms with Gasteiger partial charge in [-0.25, -0.2) is 4.98 Å². The average Bonchev–Trinajstić information content (AvgIpc) is 2.69. The molecule has 1 heterocycles. The molecule has 0 aliphatic rings. The van der Waals surface area contributed by atoms with Crippen molar-refractivity contribution in [2.75, 3.05) is 31.3 Å². The normalized spacial score (nSPS) is 12.0. The van der Waals surface area contributed by atoms with Crippen LogP contribution in [0.4, 0.5) is 11.6 Å². The Morgan fingerprint density at radius 3 is 2.77 bits per heavy atom. The lowest BCUT2D eigenvalue weighted by atomic mass is 10.1. The van der Waals surface area contributed by atoms with Crippen molar-refractivity contribution in [3.05, 3.63) is 17.7 Å². The van der Waals surface area contributed by atoms with Gasteiger partial charge in [-0.1, -0.05) is 0 Å². The van der Waals surface area contributed by atoms with Crippen molar-refractivity contribution in [3.8, 4) is 0 Å². The zero-order chi connectivity index (χ0) is 16.3. The van der Waals surface area contributed by atoms with Gasteiger partial charge in [-0.2, -0.15) is 0 Å². The monoisotopic (exact) mass is 306 g/mol. The second kappa shape index (κ2) is 6.54. The largest absolute Gasteiger partial charge is 0.389 e. The molecule has 2 rings (SSSR count). The van der Waals surface area contributed by atoms with E-state index in [0.717, 1.165) is 41.9 Å². The Labute approximate surface area is 131 Å². The third-order valence-electron chi connectivity index (χ3n) is 3.51. The molecule has 0 amide bonds. The highest BCUT2D eigenvalue weighted by Gasteiger charge is 2.18. The maximum atomic E-state index is 10.0. The molecular weight excluding hydrogens is 280 g/mol. The number of nitrogen functional groups attached to an aromatic ring is 1. The van der Waals surface area contributed by atoms with Gasteiger partial charge in [0.05, 0.1) is 23.2 Å². The highest BCUT2D eigenvalue weighted by atomic mass is 16.5. The van der Waals surface area contributed by atoms with Crippen LogP contribution in [0.1, 0.15) is 25.8 Å². The van der Waals surface area contributed by atoms with Crippen molar-refractivity contribution < 1.29 is 9.84 Å². The summed E-state index contributed by atoms with van der Waals surface area (Å²) in [7, 11) is 1.70. The van der Waals surface area contributed by atoms with Crippen LogP contribution in [-0.2, 0) is 11.3 Å². The molecule has 122 valence electrons. The Balaban J connectivity index is 2.28. The number of methoxy groups -OCH3 is 1. The van der Waals surface area contributed by atoms with Gasteiger partial charge in [0.15, 0.2) is 0 Å². The molecule has 6 nitrogen and oxygen atoms in total. The Bertz CT molecular complexity index is 644. The van der Waals surface area contributed by atoms with Gasteiger partial charge in [-0.3, -0.25) is 0 Å². The molecule has 0 bridgehead atoms. The SMILES string of the molecule is COCCCNc1cc2nc(N)n(CC(C)(C)O)c2cc1C. The van der Waals surface area contributed by atoms with Gasteiger partial charge in [0, 0.05) is 25.9 Å². The molecule has 6 heteroatoms. The van der Waals surface area contributed by atoms with Gasteiger partial charge < -0.3 is 25.5 Å². The summed E-state index contributed by atoms with van der Waals surface area (Å²) in [4.78, 5) is 4.41. The second-order valence-electron chi connectivity index (χ2n) is 6.30. The van der Waals surface area contributed by atoms with Crippen LogP contribution in [-0.4, -0.2) is 40.5 Å². The molecule has 1 aromatic heterocycles. The summed E-state index contributed by atoms with van der Waals surface area (Å²) in [5, 5.41) is 13.4. The third-order valence-corrected chi connectivity index (χ3v) is 3.51. The molecule has 0 atom stereocenters. The summed E-state index contributed by atoms with van der Waals surface area (Å²) in [6, 6.07) is 4.07. The van der Waals surface area contributed by atoms with E-state index < -0.39 is 5.60 Å². The van der Waals surface area contributed by atoms with Crippen LogP contribution in [0.25, 0.3) is 11.0 Å². The van der Waals surface area contributed by atoms with Gasteiger partial charge in [0.1, 0.15) is 0 Å². The Morgan fingerprint density at radius 1 is 1.41 bits per heavy atom. The number of fused-ring (bicyclic) bond motifs is 1. The number of nitrogens with two attached hydrogens (primary N) is 1. The Kier molecular flexibility index (Phi) is 4.93. The molecule has 22 heavy (non-hydrogen) atoms. The topological polar surface area (TPSA) is 85.3 Å². The van der Waals surface area contributed by atoms with Gasteiger partial charge >= 0.3 is 0 Å². The molecule has 0 saturated heterocycles. The minimum Gasteiger partial charge on any atom is -0.389 e. The number of anilines is 2. The molecule has 0 unspecified atom stereocenters. The molecule has 1 aromatic carbocycles. The number of nitrogens with one attached hydrogen (secondary N) is 1. The summed E-state index contributed by atoms with van der Waals surface area (Å²) in [5.41, 5.74) is 9.12. The summed E-state index contributed by atoms with van der Waals surface area (Å²) in [6.45, 7) is 7.57. The van der Waals surface area contributed by atoms with Crippen LogP contribution in [0, 0.1) is 6.92 Å². The Hall–Kier alpha value is -1.79. The van der Waals surface area contributed by atoms with Crippen molar-refractivity contribution >= 4 is 22.7 Å². The van der Waals surface area contributed by atoms with Crippen LogP contribution in [0.15, 0.2) is 12.1 Å². The first-order valence-electron chi connectivity index (χ1n) is 7.53. The van der Waals surface area contributed by atoms with Gasteiger partial charge in [0.2, 0.25) is 5.95 Å². The fraction of sp³-hybridized carbons (Fsp3) is 0.562. The highest BCUT2D eigenvalue weighted by molar-refractivity contribution is 5.83. The minimum atomic E-state index is -0.841. The maximum Gasteiger partial charge on any atom is 0.201 e. The number of hydrogen-bond acceptors (Lipinski definition) is 5. The zero-order valence-electron chi connectivity index (χ0n) is 13.8. The number of hydrogen-bond donors (Lipinski definition) is 3. The van der Waals surface area contributed by atoms with E-state index in [1.807, 2.05) is 10.6 Å². The third kappa shape index (κ3) is 3.90. The number of rotatable bonds is 7. The first kappa shape index (κ1) is 16.6. The van der Waals surface area contributed by atoms with Gasteiger partial charge in [-0.15, -0.1) is 0 Å². The smallest absolute Gasteiger partial charge is 0.201 e. The number of aromatic nitrogens is 2. The van der Waals surface area contributed by atoms with Gasteiger partial charge in [-0.05, 0) is 44.9 Å². The standard InChI is InChI=1S/C16H26N4O2/c1-11-8-14-13(9-12(11)18-6-5-7-22-4)19-15(17)20(14)10-16(2,3)21/h8-9,18,21H,5-7,10H2,1-4H3,(H2,17,19). The van der Waals surface area contributed by atoms with E-state index >= 15 is 0 Å². The summed E-state index contributed by atoms with van der Waals surface area (Å²) < 4.78 is 6.91. The van der Waals surface area contributed by atoms with Gasteiger partial charge in [0.25, 0.3) is 0 Å². The number of imidazole rings is 1. The molecule has 0 saturated carbocycles. The molecule has 0 aliphatic carbocycles. The average molecular weight is 306 g/mol. The highest BCUT2D eigenvalue weighted by Crippen LogP contribution is 2.26. The minimum absolute atomic E-state index is 0.412. The van der Waals surface area contributed by atoms with E-state index in [-0.39, 0.29) is 0 Å². The van der Waals surface area contributed by atoms with E-state index in [9.17, 15) is 5.11 Å². The first-order valence-corrected chi connectivity index (χ1v) is 7.53. The Morgan fingerprint density at radius 2 is 2.14 bits per heavy atom. The number of benzene rings is 1. The molecule has 0 aliphatic heterocycles. The second-order valence-corrected chi connectivity index (χ2v) is 6.30. The number of aryl methyl sites for hydroxylation is 1. The number of ether oxygens (including phenoxy) is 1. The lowest BCUT2D eigenvalue weighted by Crippen LogP contribution is -2.26. The van der Waals surface area contributed by atoms with E-state index in [4.69, 9.17) is 10.5 Å². The van der Waals surface area contributed by atoms with E-state index in [0.29, 0.717) is 12.5 Å². The van der Waals surface area contributed by atoms with Crippen LogP contribution >= 0.6 is 0 Å². The summed E-state index contributed by atoms with van der Waals surface area (Å²) in [6.07, 6.45) is 0.948. The molecule has 0 radical (unpaired) electrons. The fourth-order valence-corrected chi connectivity index (χ4v) is 2.48. The molecular formula is C16H26N4O2. The predicted octanol–water partition coefficient (Wildman–Crippen LogP) is 2.15. The quantitative estimate of drug-likeness (QED) is 0.682. The molecule has 0 fully saturated rings. The number of aliphatic hydroxyl groups is 1. The van der Waals surface area contributed by atoms with Crippen LogP contribution in [0.5, 0.6) is 0 Å². The first-order chi connectivity index (χ1) is 10.3. The lowest BCUT2D eigenvalue weighted by Gasteiger charge is -2.19. The van der Waals surface area contributed by atoms with E-state index in [1.165, 1.54) is 0 Å². The number of nitrogens with zero attached hydrogens (tertiary/aromatic N) is 2. The van der Waals surface area contributed by atoms with Crippen molar-refractivity contribution in [3.63, 3.8) is 0 Å². The lowest BCUT2D eigenvalue weighted by molar-refractivity contribution is 0.0633. The van der Waals surface area contributed by atoms with Crippen molar-refractivity contribution in [2.45, 2.75) is 39.3 Å². The molecule has 0 spiro atoms. The van der Waals surface area contributed by atoms with Crippen molar-refractivity contribution in [2.24, 2.45) is 0 Å².